The van der Waals surface area contributed by atoms with Crippen LogP contribution in [0.15, 0.2) is 28.5 Å². The van der Waals surface area contributed by atoms with E-state index in [1.165, 1.54) is 56.2 Å². The summed E-state index contributed by atoms with van der Waals surface area (Å²) in [6.07, 6.45) is 16.2. The van der Waals surface area contributed by atoms with Crippen molar-refractivity contribution in [3.8, 4) is 0 Å². The van der Waals surface area contributed by atoms with Crippen LogP contribution in [-0.2, 0) is 0 Å². The van der Waals surface area contributed by atoms with Crippen LogP contribution in [-0.4, -0.2) is 6.21 Å². The zero-order chi connectivity index (χ0) is 12.3. The van der Waals surface area contributed by atoms with E-state index in [4.69, 9.17) is 0 Å². The molecule has 0 amide bonds. The van der Waals surface area contributed by atoms with Gasteiger partial charge in [0.25, 0.3) is 0 Å². The summed E-state index contributed by atoms with van der Waals surface area (Å²) in [5, 5.41) is 4.19. The summed E-state index contributed by atoms with van der Waals surface area (Å²) in [5.41, 5.74) is 5.99. The van der Waals surface area contributed by atoms with Gasteiger partial charge in [-0.1, -0.05) is 45.6 Å². The van der Waals surface area contributed by atoms with Crippen LogP contribution in [0.25, 0.3) is 0 Å². The molecule has 1 aliphatic heterocycles. The topological polar surface area (TPSA) is 24.4 Å². The summed E-state index contributed by atoms with van der Waals surface area (Å²) in [6, 6.07) is 0. The molecule has 0 saturated carbocycles. The Kier molecular flexibility index (Phi) is 7.44. The monoisotopic (exact) mass is 234 g/mol. The molecule has 2 heteroatoms. The SMILES string of the molecule is CCCCCC1=C(CCCCC)NN=CC=C1. The Labute approximate surface area is 106 Å². The zero-order valence-electron chi connectivity index (χ0n) is 11.3. The van der Waals surface area contributed by atoms with Gasteiger partial charge in [-0.2, -0.15) is 5.10 Å². The van der Waals surface area contributed by atoms with Crippen molar-refractivity contribution in [3.63, 3.8) is 0 Å². The largest absolute Gasteiger partial charge is 0.282 e. The number of nitrogens with zero attached hydrogens (tertiary/aromatic N) is 1. The lowest BCUT2D eigenvalue weighted by atomic mass is 10.0. The van der Waals surface area contributed by atoms with E-state index in [2.05, 4.69) is 30.5 Å². The maximum Gasteiger partial charge on any atom is 0.0472 e. The standard InChI is InChI=1S/C15H26N2/c1-3-5-7-10-14-11-9-13-16-17-15(14)12-8-6-4-2/h9,11,13,17H,3-8,10,12H2,1-2H3. The van der Waals surface area contributed by atoms with Crippen LogP contribution in [0.3, 0.4) is 0 Å². The van der Waals surface area contributed by atoms with Gasteiger partial charge in [0.1, 0.15) is 0 Å². The molecule has 0 unspecified atom stereocenters. The van der Waals surface area contributed by atoms with Crippen LogP contribution in [0.5, 0.6) is 0 Å². The Balaban J connectivity index is 2.53. The highest BCUT2D eigenvalue weighted by molar-refractivity contribution is 5.72. The third-order valence-corrected chi connectivity index (χ3v) is 3.13. The molecule has 0 aromatic heterocycles. The van der Waals surface area contributed by atoms with Crippen molar-refractivity contribution in [2.24, 2.45) is 5.10 Å². The van der Waals surface area contributed by atoms with Crippen molar-refractivity contribution in [1.29, 1.82) is 0 Å². The molecular formula is C15H26N2. The Morgan fingerprint density at radius 1 is 1.00 bits per heavy atom. The molecule has 0 aromatic rings. The second-order valence-corrected chi connectivity index (χ2v) is 4.67. The van der Waals surface area contributed by atoms with Gasteiger partial charge in [0.05, 0.1) is 0 Å². The molecule has 0 saturated heterocycles. The van der Waals surface area contributed by atoms with Crippen LogP contribution >= 0.6 is 0 Å². The first-order valence-corrected chi connectivity index (χ1v) is 7.06. The van der Waals surface area contributed by atoms with Gasteiger partial charge in [-0.05, 0) is 37.3 Å². The third kappa shape index (κ3) is 5.71. The smallest absolute Gasteiger partial charge is 0.0472 e. The van der Waals surface area contributed by atoms with E-state index in [0.717, 1.165) is 6.42 Å². The molecule has 2 nitrogen and oxygen atoms in total. The van der Waals surface area contributed by atoms with Crippen LogP contribution < -0.4 is 5.43 Å². The minimum absolute atomic E-state index is 1.14. The molecule has 1 aliphatic rings. The van der Waals surface area contributed by atoms with E-state index >= 15 is 0 Å². The van der Waals surface area contributed by atoms with Gasteiger partial charge in [0.15, 0.2) is 0 Å². The highest BCUT2D eigenvalue weighted by atomic mass is 15.3. The highest BCUT2D eigenvalue weighted by Crippen LogP contribution is 2.19. The fourth-order valence-corrected chi connectivity index (χ4v) is 2.06. The van der Waals surface area contributed by atoms with Crippen LogP contribution in [0.1, 0.15) is 65.2 Å². The number of allylic oxidation sites excluding steroid dienone is 4. The second kappa shape index (κ2) is 9.03. The van der Waals surface area contributed by atoms with Gasteiger partial charge in [0.2, 0.25) is 0 Å². The summed E-state index contributed by atoms with van der Waals surface area (Å²) in [6.45, 7) is 4.50. The summed E-state index contributed by atoms with van der Waals surface area (Å²) >= 11 is 0. The Morgan fingerprint density at radius 2 is 1.71 bits per heavy atom. The molecule has 1 heterocycles. The van der Waals surface area contributed by atoms with Gasteiger partial charge in [-0.15, -0.1) is 0 Å². The summed E-state index contributed by atoms with van der Waals surface area (Å²) in [4.78, 5) is 0. The lowest BCUT2D eigenvalue weighted by Gasteiger charge is -2.11. The van der Waals surface area contributed by atoms with Crippen molar-refractivity contribution in [2.75, 3.05) is 0 Å². The molecule has 1 N–H and O–H groups in total. The second-order valence-electron chi connectivity index (χ2n) is 4.67. The van der Waals surface area contributed by atoms with Crippen LogP contribution in [0.4, 0.5) is 0 Å². The molecule has 0 aromatic carbocycles. The van der Waals surface area contributed by atoms with Crippen LogP contribution in [0, 0.1) is 0 Å². The quantitative estimate of drug-likeness (QED) is 0.612. The fraction of sp³-hybridized carbons (Fsp3) is 0.667. The third-order valence-electron chi connectivity index (χ3n) is 3.13. The Hall–Kier alpha value is -1.05. The average molecular weight is 234 g/mol. The Bertz CT molecular complexity index is 287. The van der Waals surface area contributed by atoms with E-state index in [1.807, 2.05) is 12.3 Å². The van der Waals surface area contributed by atoms with Crippen molar-refractivity contribution >= 4 is 6.21 Å². The van der Waals surface area contributed by atoms with E-state index < -0.39 is 0 Å². The van der Waals surface area contributed by atoms with Crippen molar-refractivity contribution in [2.45, 2.75) is 65.2 Å². The number of nitrogens with one attached hydrogen (secondary N) is 1. The number of rotatable bonds is 8. The molecule has 96 valence electrons. The van der Waals surface area contributed by atoms with Crippen molar-refractivity contribution in [1.82, 2.24) is 5.43 Å². The molecule has 0 atom stereocenters. The molecule has 0 radical (unpaired) electrons. The Morgan fingerprint density at radius 3 is 2.41 bits per heavy atom. The summed E-state index contributed by atoms with van der Waals surface area (Å²) in [5.74, 6) is 0. The number of unbranched alkanes of at least 4 members (excludes halogenated alkanes) is 4. The first-order chi connectivity index (χ1) is 8.38. The normalized spacial score (nSPS) is 14.9. The van der Waals surface area contributed by atoms with Gasteiger partial charge >= 0.3 is 0 Å². The van der Waals surface area contributed by atoms with E-state index in [0.29, 0.717) is 0 Å². The predicted molar refractivity (Wildman–Crippen MR) is 76.1 cm³/mol. The lowest BCUT2D eigenvalue weighted by molar-refractivity contribution is 0.660. The minimum Gasteiger partial charge on any atom is -0.282 e. The zero-order valence-corrected chi connectivity index (χ0v) is 11.3. The lowest BCUT2D eigenvalue weighted by Crippen LogP contribution is -2.07. The van der Waals surface area contributed by atoms with Gasteiger partial charge in [-0.3, -0.25) is 5.43 Å². The first-order valence-electron chi connectivity index (χ1n) is 7.06. The highest BCUT2D eigenvalue weighted by Gasteiger charge is 2.05. The van der Waals surface area contributed by atoms with Crippen molar-refractivity contribution in [3.05, 3.63) is 23.4 Å². The van der Waals surface area contributed by atoms with Gasteiger partial charge in [-0.25, -0.2) is 0 Å². The minimum atomic E-state index is 1.14. The number of hydrogen-bond donors (Lipinski definition) is 1. The molecular weight excluding hydrogens is 208 g/mol. The first kappa shape index (κ1) is 14.0. The maximum atomic E-state index is 4.19. The number of hydrogen-bond acceptors (Lipinski definition) is 2. The molecule has 0 bridgehead atoms. The van der Waals surface area contributed by atoms with Gasteiger partial charge in [0, 0.05) is 11.9 Å². The molecule has 1 rings (SSSR count). The molecule has 17 heavy (non-hydrogen) atoms. The molecule has 0 aliphatic carbocycles. The fourth-order valence-electron chi connectivity index (χ4n) is 2.06. The average Bonchev–Trinajstić information content (AvgIpc) is 2.56. The van der Waals surface area contributed by atoms with E-state index in [1.54, 1.807) is 0 Å². The van der Waals surface area contributed by atoms with Crippen LogP contribution in [0.2, 0.25) is 0 Å². The van der Waals surface area contributed by atoms with Gasteiger partial charge < -0.3 is 0 Å². The van der Waals surface area contributed by atoms with Crippen molar-refractivity contribution < 1.29 is 0 Å². The predicted octanol–water partition coefficient (Wildman–Crippen LogP) is 4.55. The summed E-state index contributed by atoms with van der Waals surface area (Å²) < 4.78 is 0. The maximum absolute atomic E-state index is 4.19. The van der Waals surface area contributed by atoms with E-state index in [-0.39, 0.29) is 0 Å². The number of hydrazone groups is 1. The van der Waals surface area contributed by atoms with E-state index in [9.17, 15) is 0 Å². The molecule has 0 spiro atoms. The molecule has 0 fully saturated rings. The summed E-state index contributed by atoms with van der Waals surface area (Å²) in [7, 11) is 0.